The Hall–Kier alpha value is -1.15. The quantitative estimate of drug-likeness (QED) is 0.416. The highest BCUT2D eigenvalue weighted by Crippen LogP contribution is 2.30. The van der Waals surface area contributed by atoms with Crippen molar-refractivity contribution < 1.29 is 28.7 Å². The summed E-state index contributed by atoms with van der Waals surface area (Å²) in [5.74, 6) is 0.839. The van der Waals surface area contributed by atoms with Gasteiger partial charge in [0, 0.05) is 19.3 Å². The summed E-state index contributed by atoms with van der Waals surface area (Å²) in [7, 11) is 0. The van der Waals surface area contributed by atoms with E-state index in [9.17, 15) is 24.0 Å². The van der Waals surface area contributed by atoms with E-state index < -0.39 is 11.9 Å². The highest BCUT2D eigenvalue weighted by molar-refractivity contribution is 7.98. The molecule has 0 amide bonds. The summed E-state index contributed by atoms with van der Waals surface area (Å²) >= 11 is 3.43. The van der Waals surface area contributed by atoms with E-state index in [1.807, 2.05) is 12.5 Å². The Labute approximate surface area is 181 Å². The molecular weight excluding hydrogens is 412 g/mol. The van der Waals surface area contributed by atoms with E-state index in [-0.39, 0.29) is 48.5 Å². The summed E-state index contributed by atoms with van der Waals surface area (Å²) in [5.41, 5.74) is 0. The molecule has 0 N–H and O–H groups in total. The third-order valence-corrected chi connectivity index (χ3v) is 6.36. The SMILES string of the molecule is CCOC(=O)C1C(=O)CC(=O)CC1CCSC.CSCCC1CC(=O)CC(=O)C1. The molecule has 0 aromatic heterocycles. The first-order valence-corrected chi connectivity index (χ1v) is 12.8. The molecule has 0 radical (unpaired) electrons. The normalized spacial score (nSPS) is 22.9. The molecule has 2 saturated carbocycles. The molecule has 0 saturated heterocycles. The van der Waals surface area contributed by atoms with E-state index in [2.05, 4.69) is 0 Å². The molecule has 2 fully saturated rings. The van der Waals surface area contributed by atoms with E-state index in [4.69, 9.17) is 4.74 Å². The predicted octanol–water partition coefficient (Wildman–Crippen LogP) is 3.14. The molecule has 2 aliphatic rings. The number of hydrogen-bond donors (Lipinski definition) is 0. The van der Waals surface area contributed by atoms with E-state index >= 15 is 0 Å². The van der Waals surface area contributed by atoms with E-state index in [0.717, 1.165) is 17.9 Å². The van der Waals surface area contributed by atoms with Crippen molar-refractivity contribution in [2.24, 2.45) is 17.8 Å². The van der Waals surface area contributed by atoms with Crippen LogP contribution in [-0.4, -0.2) is 59.7 Å². The van der Waals surface area contributed by atoms with Gasteiger partial charge in [-0.25, -0.2) is 0 Å². The van der Waals surface area contributed by atoms with Crippen LogP contribution in [0.2, 0.25) is 0 Å². The van der Waals surface area contributed by atoms with Gasteiger partial charge in [-0.3, -0.25) is 24.0 Å². The van der Waals surface area contributed by atoms with Crippen molar-refractivity contribution in [3.63, 3.8) is 0 Å². The zero-order valence-corrected chi connectivity index (χ0v) is 19.2. The molecule has 8 heteroatoms. The molecule has 0 heterocycles. The Balaban J connectivity index is 0.000000308. The number of ether oxygens (including phenoxy) is 1. The zero-order chi connectivity index (χ0) is 21.8. The number of carbonyl (C=O) groups excluding carboxylic acids is 5. The first kappa shape index (κ1) is 25.9. The van der Waals surface area contributed by atoms with Gasteiger partial charge in [-0.2, -0.15) is 23.5 Å². The molecule has 0 aromatic carbocycles. The van der Waals surface area contributed by atoms with Crippen LogP contribution in [0.1, 0.15) is 51.9 Å². The topological polar surface area (TPSA) is 94.6 Å². The highest BCUT2D eigenvalue weighted by Gasteiger charge is 2.41. The summed E-state index contributed by atoms with van der Waals surface area (Å²) < 4.78 is 4.92. The molecule has 0 aromatic rings. The Morgan fingerprint density at radius 3 is 2.00 bits per heavy atom. The van der Waals surface area contributed by atoms with Crippen molar-refractivity contribution in [1.29, 1.82) is 0 Å². The van der Waals surface area contributed by atoms with E-state index in [1.165, 1.54) is 0 Å². The molecular formula is C21H32O6S2. The lowest BCUT2D eigenvalue weighted by atomic mass is 9.76. The van der Waals surface area contributed by atoms with E-state index in [0.29, 0.717) is 31.6 Å². The van der Waals surface area contributed by atoms with Crippen LogP contribution in [0.5, 0.6) is 0 Å². The maximum atomic E-state index is 11.8. The van der Waals surface area contributed by atoms with Crippen molar-refractivity contribution in [2.75, 3.05) is 30.6 Å². The fourth-order valence-corrected chi connectivity index (χ4v) is 4.82. The van der Waals surface area contributed by atoms with Gasteiger partial charge in [0.2, 0.25) is 0 Å². The fourth-order valence-electron chi connectivity index (χ4n) is 3.71. The van der Waals surface area contributed by atoms with Gasteiger partial charge in [-0.1, -0.05) is 0 Å². The van der Waals surface area contributed by atoms with Crippen LogP contribution in [0.25, 0.3) is 0 Å². The minimum absolute atomic E-state index is 0.0540. The van der Waals surface area contributed by atoms with Crippen molar-refractivity contribution in [3.05, 3.63) is 0 Å². The van der Waals surface area contributed by atoms with Crippen LogP contribution < -0.4 is 0 Å². The number of thioether (sulfide) groups is 2. The molecule has 0 spiro atoms. The minimum atomic E-state index is -0.722. The van der Waals surface area contributed by atoms with Crippen LogP contribution in [0.15, 0.2) is 0 Å². The largest absolute Gasteiger partial charge is 0.465 e. The van der Waals surface area contributed by atoms with Crippen molar-refractivity contribution >= 4 is 52.6 Å². The van der Waals surface area contributed by atoms with Gasteiger partial charge in [-0.05, 0) is 55.6 Å². The van der Waals surface area contributed by atoms with Gasteiger partial charge in [-0.15, -0.1) is 0 Å². The smallest absolute Gasteiger partial charge is 0.316 e. The molecule has 0 aliphatic heterocycles. The average molecular weight is 445 g/mol. The zero-order valence-electron chi connectivity index (χ0n) is 17.6. The van der Waals surface area contributed by atoms with Gasteiger partial charge in [0.15, 0.2) is 5.78 Å². The molecule has 2 aliphatic carbocycles. The Morgan fingerprint density at radius 2 is 1.45 bits per heavy atom. The maximum Gasteiger partial charge on any atom is 0.316 e. The Morgan fingerprint density at radius 1 is 0.897 bits per heavy atom. The standard InChI is InChI=1S/C12H18O4S.C9H14O2S/c1-3-16-12(15)11-8(4-5-17-2)6-9(13)7-10(11)14;1-12-3-2-7-4-8(10)6-9(11)5-7/h8,11H,3-7H2,1-2H3;7H,2-6H2,1H3. The molecule has 2 rings (SSSR count). The third-order valence-electron chi connectivity index (χ3n) is 5.07. The van der Waals surface area contributed by atoms with Gasteiger partial charge in [0.1, 0.15) is 23.3 Å². The van der Waals surface area contributed by atoms with Crippen LogP contribution in [0.3, 0.4) is 0 Å². The lowest BCUT2D eigenvalue weighted by molar-refractivity contribution is -0.156. The molecule has 6 nitrogen and oxygen atoms in total. The lowest BCUT2D eigenvalue weighted by Crippen LogP contribution is -2.39. The second-order valence-electron chi connectivity index (χ2n) is 7.47. The van der Waals surface area contributed by atoms with Crippen LogP contribution >= 0.6 is 23.5 Å². The molecule has 0 bridgehead atoms. The number of esters is 1. The molecule has 29 heavy (non-hydrogen) atoms. The molecule has 164 valence electrons. The summed E-state index contributed by atoms with van der Waals surface area (Å²) in [6.45, 7) is 1.99. The monoisotopic (exact) mass is 444 g/mol. The average Bonchev–Trinajstić information content (AvgIpc) is 2.64. The van der Waals surface area contributed by atoms with Crippen molar-refractivity contribution in [2.45, 2.75) is 51.9 Å². The van der Waals surface area contributed by atoms with Gasteiger partial charge in [0.25, 0.3) is 0 Å². The van der Waals surface area contributed by atoms with Crippen molar-refractivity contribution in [1.82, 2.24) is 0 Å². The summed E-state index contributed by atoms with van der Waals surface area (Å²) in [6.07, 6.45) is 7.41. The van der Waals surface area contributed by atoms with Gasteiger partial charge < -0.3 is 4.74 Å². The number of rotatable bonds is 8. The van der Waals surface area contributed by atoms with Gasteiger partial charge in [0.05, 0.1) is 19.4 Å². The second kappa shape index (κ2) is 14.0. The van der Waals surface area contributed by atoms with Crippen LogP contribution in [0, 0.1) is 17.8 Å². The highest BCUT2D eigenvalue weighted by atomic mass is 32.2. The maximum absolute atomic E-state index is 11.8. The number of hydrogen-bond acceptors (Lipinski definition) is 8. The number of carbonyl (C=O) groups is 5. The Kier molecular flexibility index (Phi) is 12.5. The Bertz CT molecular complexity index is 588. The first-order valence-electron chi connectivity index (χ1n) is 10.0. The number of ketones is 4. The third kappa shape index (κ3) is 9.47. The van der Waals surface area contributed by atoms with Gasteiger partial charge >= 0.3 is 5.97 Å². The van der Waals surface area contributed by atoms with Crippen LogP contribution in [0.4, 0.5) is 0 Å². The summed E-state index contributed by atoms with van der Waals surface area (Å²) in [4.78, 5) is 56.9. The molecule has 2 atom stereocenters. The minimum Gasteiger partial charge on any atom is -0.465 e. The summed E-state index contributed by atoms with van der Waals surface area (Å²) in [5, 5.41) is 0. The predicted molar refractivity (Wildman–Crippen MR) is 116 cm³/mol. The second-order valence-corrected chi connectivity index (χ2v) is 9.44. The van der Waals surface area contributed by atoms with Crippen LogP contribution in [-0.2, 0) is 28.7 Å². The fraction of sp³-hybridized carbons (Fsp3) is 0.762. The first-order chi connectivity index (χ1) is 13.8. The van der Waals surface area contributed by atoms with E-state index in [1.54, 1.807) is 30.4 Å². The number of Topliss-reactive ketones (excluding diaryl/α,β-unsaturated/α-hetero) is 4. The summed E-state index contributed by atoms with van der Waals surface area (Å²) in [6, 6.07) is 0. The molecule has 2 unspecified atom stereocenters. The van der Waals surface area contributed by atoms with Crippen molar-refractivity contribution in [3.8, 4) is 0 Å². The lowest BCUT2D eigenvalue weighted by Gasteiger charge is -2.27.